The van der Waals surface area contributed by atoms with Gasteiger partial charge in [0.25, 0.3) is 0 Å². The Hall–Kier alpha value is -2.11. The molecule has 5 nitrogen and oxygen atoms in total. The van der Waals surface area contributed by atoms with Crippen molar-refractivity contribution < 1.29 is 19.1 Å². The largest absolute Gasteiger partial charge is 0.480 e. The molecular formula is C14H19FN2O3. The van der Waals surface area contributed by atoms with Gasteiger partial charge in [-0.05, 0) is 30.5 Å². The Labute approximate surface area is 117 Å². The molecule has 1 rings (SSSR count). The molecule has 0 aromatic heterocycles. The summed E-state index contributed by atoms with van der Waals surface area (Å²) in [7, 11) is 0. The topological polar surface area (TPSA) is 78.4 Å². The van der Waals surface area contributed by atoms with Gasteiger partial charge in [0, 0.05) is 6.54 Å². The van der Waals surface area contributed by atoms with Crippen LogP contribution in [-0.4, -0.2) is 22.6 Å². The van der Waals surface area contributed by atoms with Crippen LogP contribution in [0.5, 0.6) is 0 Å². The number of carboxylic acids is 1. The Bertz CT molecular complexity index is 470. The van der Waals surface area contributed by atoms with E-state index < -0.39 is 17.5 Å². The van der Waals surface area contributed by atoms with Crippen LogP contribution in [0.4, 0.5) is 9.18 Å². The lowest BCUT2D eigenvalue weighted by Gasteiger charge is -2.28. The Kier molecular flexibility index (Phi) is 5.49. The number of carboxylic acid groups (broad SMARTS) is 1. The van der Waals surface area contributed by atoms with Gasteiger partial charge in [0.15, 0.2) is 0 Å². The Balaban J connectivity index is 2.58. The van der Waals surface area contributed by atoms with E-state index in [1.165, 1.54) is 12.1 Å². The van der Waals surface area contributed by atoms with Gasteiger partial charge < -0.3 is 15.7 Å². The van der Waals surface area contributed by atoms with Gasteiger partial charge in [0.1, 0.15) is 11.4 Å². The molecule has 0 radical (unpaired) electrons. The van der Waals surface area contributed by atoms with Crippen LogP contribution in [0.15, 0.2) is 24.3 Å². The zero-order valence-electron chi connectivity index (χ0n) is 11.6. The van der Waals surface area contributed by atoms with Crippen LogP contribution in [0.1, 0.15) is 32.3 Å². The predicted molar refractivity (Wildman–Crippen MR) is 72.7 cm³/mol. The summed E-state index contributed by atoms with van der Waals surface area (Å²) in [5.41, 5.74) is -0.525. The number of amides is 2. The third kappa shape index (κ3) is 3.94. The smallest absolute Gasteiger partial charge is 0.329 e. The first kappa shape index (κ1) is 15.9. The van der Waals surface area contributed by atoms with E-state index in [1.807, 2.05) is 0 Å². The molecule has 0 bridgehead atoms. The average Bonchev–Trinajstić information content (AvgIpc) is 2.44. The Morgan fingerprint density at radius 1 is 1.20 bits per heavy atom. The fourth-order valence-corrected chi connectivity index (χ4v) is 1.83. The summed E-state index contributed by atoms with van der Waals surface area (Å²) < 4.78 is 12.7. The molecule has 0 aliphatic rings. The van der Waals surface area contributed by atoms with E-state index in [9.17, 15) is 19.1 Å². The zero-order chi connectivity index (χ0) is 15.2. The van der Waals surface area contributed by atoms with Crippen molar-refractivity contribution in [2.45, 2.75) is 38.8 Å². The highest BCUT2D eigenvalue weighted by Gasteiger charge is 2.36. The second-order valence-electron chi connectivity index (χ2n) is 4.53. The summed E-state index contributed by atoms with van der Waals surface area (Å²) in [6.07, 6.45) is 0.589. The molecule has 0 fully saturated rings. The highest BCUT2D eigenvalue weighted by molar-refractivity contribution is 5.86. The number of benzene rings is 1. The molecular weight excluding hydrogens is 263 g/mol. The van der Waals surface area contributed by atoms with Crippen molar-refractivity contribution in [1.29, 1.82) is 0 Å². The monoisotopic (exact) mass is 282 g/mol. The van der Waals surface area contributed by atoms with Crippen molar-refractivity contribution in [3.63, 3.8) is 0 Å². The predicted octanol–water partition coefficient (Wildman–Crippen LogP) is 2.27. The molecule has 0 spiro atoms. The van der Waals surface area contributed by atoms with E-state index in [1.54, 1.807) is 26.0 Å². The van der Waals surface area contributed by atoms with E-state index >= 15 is 0 Å². The lowest BCUT2D eigenvalue weighted by Crippen LogP contribution is -2.56. The molecule has 2 amide bonds. The average molecular weight is 282 g/mol. The van der Waals surface area contributed by atoms with Crippen molar-refractivity contribution in [1.82, 2.24) is 10.6 Å². The standard InChI is InChI=1S/C14H19FN2O3/c1-3-14(4-2,12(18)19)17-13(20)16-9-10-5-7-11(15)8-6-10/h5-8H,3-4,9H2,1-2H3,(H,18,19)(H2,16,17,20). The highest BCUT2D eigenvalue weighted by atomic mass is 19.1. The first-order valence-corrected chi connectivity index (χ1v) is 6.47. The van der Waals surface area contributed by atoms with Gasteiger partial charge in [0.05, 0.1) is 0 Å². The van der Waals surface area contributed by atoms with Gasteiger partial charge in [-0.3, -0.25) is 0 Å². The maximum atomic E-state index is 12.7. The van der Waals surface area contributed by atoms with Crippen molar-refractivity contribution in [2.24, 2.45) is 0 Å². The molecule has 1 aromatic rings. The molecule has 0 saturated heterocycles. The summed E-state index contributed by atoms with van der Waals surface area (Å²) in [6, 6.07) is 5.16. The van der Waals surface area contributed by atoms with E-state index in [4.69, 9.17) is 0 Å². The quantitative estimate of drug-likeness (QED) is 0.749. The van der Waals surface area contributed by atoms with E-state index in [2.05, 4.69) is 10.6 Å². The number of urea groups is 1. The van der Waals surface area contributed by atoms with E-state index in [0.717, 1.165) is 5.56 Å². The highest BCUT2D eigenvalue weighted by Crippen LogP contribution is 2.15. The summed E-state index contributed by atoms with van der Waals surface area (Å²) in [5.74, 6) is -1.40. The summed E-state index contributed by atoms with van der Waals surface area (Å²) >= 11 is 0. The lowest BCUT2D eigenvalue weighted by molar-refractivity contribution is -0.144. The maximum Gasteiger partial charge on any atom is 0.329 e. The van der Waals surface area contributed by atoms with Crippen LogP contribution in [0, 0.1) is 5.82 Å². The van der Waals surface area contributed by atoms with Crippen LogP contribution in [0.3, 0.4) is 0 Å². The zero-order valence-corrected chi connectivity index (χ0v) is 11.6. The third-order valence-electron chi connectivity index (χ3n) is 3.34. The minimum atomic E-state index is -1.26. The summed E-state index contributed by atoms with van der Waals surface area (Å²) in [4.78, 5) is 23.0. The second-order valence-corrected chi connectivity index (χ2v) is 4.53. The van der Waals surface area contributed by atoms with E-state index in [0.29, 0.717) is 12.8 Å². The molecule has 0 aliphatic carbocycles. The number of halogens is 1. The number of rotatable bonds is 6. The number of hydrogen-bond acceptors (Lipinski definition) is 2. The van der Waals surface area contributed by atoms with Crippen LogP contribution in [-0.2, 0) is 11.3 Å². The van der Waals surface area contributed by atoms with Gasteiger partial charge in [-0.25, -0.2) is 14.0 Å². The van der Waals surface area contributed by atoms with Gasteiger partial charge in [-0.2, -0.15) is 0 Å². The number of carbonyl (C=O) groups is 2. The molecule has 0 saturated carbocycles. The first-order chi connectivity index (χ1) is 9.43. The van der Waals surface area contributed by atoms with Gasteiger partial charge in [-0.1, -0.05) is 26.0 Å². The molecule has 0 unspecified atom stereocenters. The van der Waals surface area contributed by atoms with Crippen molar-refractivity contribution in [3.05, 3.63) is 35.6 Å². The van der Waals surface area contributed by atoms with Crippen LogP contribution in [0.2, 0.25) is 0 Å². The van der Waals surface area contributed by atoms with Crippen molar-refractivity contribution in [3.8, 4) is 0 Å². The Morgan fingerprint density at radius 2 is 1.75 bits per heavy atom. The second kappa shape index (κ2) is 6.88. The molecule has 6 heteroatoms. The van der Waals surface area contributed by atoms with Gasteiger partial charge in [0.2, 0.25) is 0 Å². The number of aliphatic carboxylic acids is 1. The molecule has 3 N–H and O–H groups in total. The van der Waals surface area contributed by atoms with Gasteiger partial charge >= 0.3 is 12.0 Å². The third-order valence-corrected chi connectivity index (χ3v) is 3.34. The molecule has 20 heavy (non-hydrogen) atoms. The number of nitrogens with one attached hydrogen (secondary N) is 2. The molecule has 0 heterocycles. The minimum absolute atomic E-state index is 0.204. The normalized spacial score (nSPS) is 10.9. The Morgan fingerprint density at radius 3 is 2.20 bits per heavy atom. The minimum Gasteiger partial charge on any atom is -0.480 e. The number of hydrogen-bond donors (Lipinski definition) is 3. The van der Waals surface area contributed by atoms with Crippen LogP contribution in [0.25, 0.3) is 0 Å². The molecule has 110 valence electrons. The van der Waals surface area contributed by atoms with Crippen LogP contribution >= 0.6 is 0 Å². The molecule has 0 atom stereocenters. The SMILES string of the molecule is CCC(CC)(NC(=O)NCc1ccc(F)cc1)C(=O)O. The van der Waals surface area contributed by atoms with E-state index in [-0.39, 0.29) is 12.4 Å². The number of carbonyl (C=O) groups excluding carboxylic acids is 1. The van der Waals surface area contributed by atoms with Crippen molar-refractivity contribution >= 4 is 12.0 Å². The molecule has 0 aliphatic heterocycles. The first-order valence-electron chi connectivity index (χ1n) is 6.47. The molecule has 1 aromatic carbocycles. The lowest BCUT2D eigenvalue weighted by atomic mass is 9.93. The summed E-state index contributed by atoms with van der Waals surface area (Å²) in [5, 5.41) is 14.3. The fraction of sp³-hybridized carbons (Fsp3) is 0.429. The summed E-state index contributed by atoms with van der Waals surface area (Å²) in [6.45, 7) is 3.62. The van der Waals surface area contributed by atoms with Crippen LogP contribution < -0.4 is 10.6 Å². The fourth-order valence-electron chi connectivity index (χ4n) is 1.83. The van der Waals surface area contributed by atoms with Crippen molar-refractivity contribution in [2.75, 3.05) is 0 Å². The van der Waals surface area contributed by atoms with Gasteiger partial charge in [-0.15, -0.1) is 0 Å². The maximum absolute atomic E-state index is 12.7.